The fraction of sp³-hybridized carbons (Fsp3) is 0.298. The van der Waals surface area contributed by atoms with Crippen molar-refractivity contribution in [1.82, 2.24) is 25.0 Å². The van der Waals surface area contributed by atoms with E-state index >= 15 is 0 Å². The van der Waals surface area contributed by atoms with Crippen LogP contribution in [-0.4, -0.2) is 108 Å². The summed E-state index contributed by atoms with van der Waals surface area (Å²) < 4.78 is 45.2. The smallest absolute Gasteiger partial charge is 0.410 e. The maximum Gasteiger partial charge on any atom is 0.416 e. The average Bonchev–Trinajstić information content (AvgIpc) is 3.32. The van der Waals surface area contributed by atoms with E-state index in [-0.39, 0.29) is 40.6 Å². The number of nitrogens with one attached hydrogen (secondary N) is 2. The molecule has 338 valence electrons. The van der Waals surface area contributed by atoms with Crippen molar-refractivity contribution in [3.8, 4) is 17.0 Å². The second kappa shape index (κ2) is 20.4. The SMILES string of the molecule is CN(CCN1CCN(C(=O)Oc2ccc([N+](=O)[O-])cc2)CC1)C(=O)c1cccc(C(=O)Nc2ccc(N3CCCCC3)cc2-c2cc(C(=O)NCc3cccc(C(F)(F)F)c3)ccn2)c1. The molecule has 2 aliphatic rings. The Morgan fingerprint density at radius 2 is 1.51 bits per heavy atom. The second-order valence-corrected chi connectivity index (χ2v) is 15.8. The zero-order valence-corrected chi connectivity index (χ0v) is 35.6. The Kier molecular flexibility index (Phi) is 14.4. The zero-order valence-electron chi connectivity index (χ0n) is 35.6. The number of nitrogens with zero attached hydrogens (tertiary/aromatic N) is 6. The van der Waals surface area contributed by atoms with Crippen molar-refractivity contribution < 1.29 is 42.0 Å². The third-order valence-electron chi connectivity index (χ3n) is 11.3. The molecule has 18 heteroatoms. The molecule has 65 heavy (non-hydrogen) atoms. The number of hydrogen-bond donors (Lipinski definition) is 2. The Bertz CT molecular complexity index is 2540. The van der Waals surface area contributed by atoms with Gasteiger partial charge in [0.15, 0.2) is 0 Å². The molecule has 2 saturated heterocycles. The highest BCUT2D eigenvalue weighted by Crippen LogP contribution is 2.34. The summed E-state index contributed by atoms with van der Waals surface area (Å²) in [5.74, 6) is -1.07. The van der Waals surface area contributed by atoms with Crippen LogP contribution in [0.15, 0.2) is 109 Å². The third-order valence-corrected chi connectivity index (χ3v) is 11.3. The van der Waals surface area contributed by atoms with E-state index < -0.39 is 34.6 Å². The summed E-state index contributed by atoms with van der Waals surface area (Å²) in [6, 6.07) is 25.1. The molecule has 2 fully saturated rings. The number of carbonyl (C=O) groups excluding carboxylic acids is 4. The van der Waals surface area contributed by atoms with Gasteiger partial charge < -0.3 is 30.1 Å². The minimum Gasteiger partial charge on any atom is -0.410 e. The van der Waals surface area contributed by atoms with Crippen LogP contribution in [0, 0.1) is 10.1 Å². The number of piperidine rings is 1. The summed E-state index contributed by atoms with van der Waals surface area (Å²) in [6.07, 6.45) is -0.421. The van der Waals surface area contributed by atoms with Crippen molar-refractivity contribution >= 4 is 40.9 Å². The van der Waals surface area contributed by atoms with Crippen LogP contribution in [0.5, 0.6) is 5.75 Å². The number of aromatic nitrogens is 1. The molecular formula is C47H47F3N8O7. The Labute approximate surface area is 372 Å². The van der Waals surface area contributed by atoms with Crippen molar-refractivity contribution in [2.45, 2.75) is 32.0 Å². The van der Waals surface area contributed by atoms with E-state index in [4.69, 9.17) is 4.74 Å². The Morgan fingerprint density at radius 3 is 2.23 bits per heavy atom. The fourth-order valence-electron chi connectivity index (χ4n) is 7.62. The van der Waals surface area contributed by atoms with Gasteiger partial charge in [0.25, 0.3) is 23.4 Å². The van der Waals surface area contributed by atoms with Crippen molar-refractivity contribution in [2.75, 3.05) is 69.6 Å². The number of piperazine rings is 1. The van der Waals surface area contributed by atoms with Crippen molar-refractivity contribution in [1.29, 1.82) is 0 Å². The predicted molar refractivity (Wildman–Crippen MR) is 237 cm³/mol. The highest BCUT2D eigenvalue weighted by molar-refractivity contribution is 6.08. The first-order valence-electron chi connectivity index (χ1n) is 21.1. The quantitative estimate of drug-likeness (QED) is 0.0881. The number of nitro groups is 1. The number of carbonyl (C=O) groups is 4. The summed E-state index contributed by atoms with van der Waals surface area (Å²) in [7, 11) is 1.68. The van der Waals surface area contributed by atoms with E-state index in [0.717, 1.165) is 50.2 Å². The minimum absolute atomic E-state index is 0.107. The number of pyridine rings is 1. The molecule has 2 N–H and O–H groups in total. The highest BCUT2D eigenvalue weighted by Gasteiger charge is 2.30. The summed E-state index contributed by atoms with van der Waals surface area (Å²) in [5.41, 5.74) is 2.41. The molecule has 3 heterocycles. The molecule has 0 unspecified atom stereocenters. The molecule has 0 saturated carbocycles. The first-order valence-corrected chi connectivity index (χ1v) is 21.1. The Morgan fingerprint density at radius 1 is 0.800 bits per heavy atom. The third kappa shape index (κ3) is 11.8. The van der Waals surface area contributed by atoms with Crippen LogP contribution >= 0.6 is 0 Å². The number of benzene rings is 4. The van der Waals surface area contributed by atoms with E-state index in [1.54, 1.807) is 47.2 Å². The first kappa shape index (κ1) is 45.7. The number of rotatable bonds is 13. The molecule has 1 aromatic heterocycles. The average molecular weight is 893 g/mol. The number of alkyl halides is 3. The monoisotopic (exact) mass is 892 g/mol. The first-order chi connectivity index (χ1) is 31.2. The number of halogens is 3. The maximum atomic E-state index is 13.9. The molecule has 0 aliphatic carbocycles. The predicted octanol–water partition coefficient (Wildman–Crippen LogP) is 7.74. The highest BCUT2D eigenvalue weighted by atomic mass is 19.4. The molecule has 4 amide bonds. The molecule has 5 aromatic rings. The van der Waals surface area contributed by atoms with Crippen LogP contribution in [0.4, 0.5) is 35.0 Å². The van der Waals surface area contributed by atoms with E-state index in [1.807, 2.05) is 12.1 Å². The summed E-state index contributed by atoms with van der Waals surface area (Å²) >= 11 is 0. The summed E-state index contributed by atoms with van der Waals surface area (Å²) in [6.45, 7) is 4.38. The molecule has 0 spiro atoms. The number of amides is 4. The Balaban J connectivity index is 0.981. The van der Waals surface area contributed by atoms with Gasteiger partial charge in [-0.3, -0.25) is 34.4 Å². The van der Waals surface area contributed by atoms with Gasteiger partial charge in [0.1, 0.15) is 5.75 Å². The lowest BCUT2D eigenvalue weighted by Gasteiger charge is -2.34. The van der Waals surface area contributed by atoms with Crippen LogP contribution in [-0.2, 0) is 12.7 Å². The maximum absolute atomic E-state index is 13.9. The van der Waals surface area contributed by atoms with Crippen molar-refractivity contribution in [2.24, 2.45) is 0 Å². The van der Waals surface area contributed by atoms with Crippen LogP contribution in [0.25, 0.3) is 11.3 Å². The number of ether oxygens (including phenoxy) is 1. The number of likely N-dealkylation sites (N-methyl/N-ethyl adjacent to an activating group) is 1. The van der Waals surface area contributed by atoms with Gasteiger partial charge in [-0.25, -0.2) is 4.79 Å². The van der Waals surface area contributed by atoms with E-state index in [2.05, 4.69) is 25.4 Å². The second-order valence-electron chi connectivity index (χ2n) is 15.8. The van der Waals surface area contributed by atoms with Gasteiger partial charge in [-0.1, -0.05) is 18.2 Å². The molecule has 0 atom stereocenters. The Hall–Kier alpha value is -7.34. The topological polar surface area (TPSA) is 171 Å². The lowest BCUT2D eigenvalue weighted by atomic mass is 10.0. The van der Waals surface area contributed by atoms with Gasteiger partial charge in [-0.15, -0.1) is 0 Å². The van der Waals surface area contributed by atoms with Crippen LogP contribution in [0.1, 0.15) is 61.5 Å². The minimum atomic E-state index is -4.51. The van der Waals surface area contributed by atoms with E-state index in [1.165, 1.54) is 54.7 Å². The lowest BCUT2D eigenvalue weighted by Crippen LogP contribution is -2.51. The van der Waals surface area contributed by atoms with Crippen LogP contribution in [0.3, 0.4) is 0 Å². The molecule has 0 bridgehead atoms. The van der Waals surface area contributed by atoms with Crippen LogP contribution in [0.2, 0.25) is 0 Å². The molecular weight excluding hydrogens is 846 g/mol. The van der Waals surface area contributed by atoms with Gasteiger partial charge in [0.05, 0.1) is 21.9 Å². The number of anilines is 2. The van der Waals surface area contributed by atoms with Crippen LogP contribution < -0.4 is 20.3 Å². The molecule has 0 radical (unpaired) electrons. The lowest BCUT2D eigenvalue weighted by molar-refractivity contribution is -0.384. The largest absolute Gasteiger partial charge is 0.416 e. The molecule has 15 nitrogen and oxygen atoms in total. The van der Waals surface area contributed by atoms with E-state index in [9.17, 15) is 42.5 Å². The number of hydrogen-bond acceptors (Lipinski definition) is 10. The van der Waals surface area contributed by atoms with Gasteiger partial charge in [0.2, 0.25) is 0 Å². The summed E-state index contributed by atoms with van der Waals surface area (Å²) in [5, 5.41) is 16.6. The van der Waals surface area contributed by atoms with Crippen molar-refractivity contribution in [3.63, 3.8) is 0 Å². The normalized spacial score (nSPS) is 14.3. The fourth-order valence-corrected chi connectivity index (χ4v) is 7.62. The van der Waals surface area contributed by atoms with Crippen molar-refractivity contribution in [3.05, 3.63) is 147 Å². The molecule has 4 aromatic carbocycles. The van der Waals surface area contributed by atoms with Gasteiger partial charge in [-0.05, 0) is 97.6 Å². The number of nitro benzene ring substituents is 1. The van der Waals surface area contributed by atoms with Gasteiger partial charge in [0, 0.05) is 112 Å². The number of non-ortho nitro benzene ring substituents is 1. The van der Waals surface area contributed by atoms with E-state index in [0.29, 0.717) is 61.8 Å². The van der Waals surface area contributed by atoms with Gasteiger partial charge in [-0.2, -0.15) is 13.2 Å². The zero-order chi connectivity index (χ0) is 46.1. The van der Waals surface area contributed by atoms with Gasteiger partial charge >= 0.3 is 12.3 Å². The molecule has 2 aliphatic heterocycles. The standard InChI is InChI=1S/C47H47F3N8O7/c1-54(21-22-55-23-25-57(26-24-55)46(62)65-39-14-11-37(12-15-39)58(63)64)45(61)35-9-6-8-33(28-35)44(60)53-41-16-13-38(56-19-3-2-4-20-56)30-40(41)42-29-34(17-18-51-42)43(59)52-31-32-7-5-10-36(27-32)47(48,49)50/h5-18,27-30H,2-4,19-26,31H2,1H3,(H,52,59)(H,53,60). The summed E-state index contributed by atoms with van der Waals surface area (Å²) in [4.78, 5) is 75.9. The molecule has 7 rings (SSSR count).